The van der Waals surface area contributed by atoms with Crippen molar-refractivity contribution < 1.29 is 14.7 Å². The second kappa shape index (κ2) is 14.4. The molecule has 0 unspecified atom stereocenters. The molecule has 0 atom stereocenters. The molecule has 142 valence electrons. The summed E-state index contributed by atoms with van der Waals surface area (Å²) in [4.78, 5) is 22.4. The molecular formula is C19H38N2O3. The van der Waals surface area contributed by atoms with Crippen LogP contribution >= 0.6 is 0 Å². The van der Waals surface area contributed by atoms with E-state index in [1.807, 2.05) is 0 Å². The van der Waals surface area contributed by atoms with Gasteiger partial charge in [0.1, 0.15) is 5.78 Å². The van der Waals surface area contributed by atoms with Crippen LogP contribution in [-0.2, 0) is 9.59 Å². The summed E-state index contributed by atoms with van der Waals surface area (Å²) in [6, 6.07) is 0. The Hall–Kier alpha value is -0.940. The van der Waals surface area contributed by atoms with Crippen molar-refractivity contribution in [3.8, 4) is 0 Å². The Morgan fingerprint density at radius 1 is 0.750 bits per heavy atom. The highest BCUT2D eigenvalue weighted by Crippen LogP contribution is 2.13. The Morgan fingerprint density at radius 2 is 1.12 bits per heavy atom. The van der Waals surface area contributed by atoms with Gasteiger partial charge in [0.25, 0.3) is 0 Å². The lowest BCUT2D eigenvalue weighted by Gasteiger charge is -2.17. The van der Waals surface area contributed by atoms with Crippen LogP contribution in [-0.4, -0.2) is 22.5 Å². The van der Waals surface area contributed by atoms with Crippen molar-refractivity contribution in [2.75, 3.05) is 0 Å². The van der Waals surface area contributed by atoms with Crippen LogP contribution in [0.15, 0.2) is 0 Å². The van der Waals surface area contributed by atoms with E-state index in [2.05, 4.69) is 6.92 Å². The van der Waals surface area contributed by atoms with E-state index in [0.29, 0.717) is 6.42 Å². The van der Waals surface area contributed by atoms with Crippen LogP contribution in [0.5, 0.6) is 0 Å². The summed E-state index contributed by atoms with van der Waals surface area (Å²) >= 11 is 0. The Bertz CT molecular complexity index is 344. The van der Waals surface area contributed by atoms with Gasteiger partial charge in [-0.2, -0.15) is 0 Å². The maximum atomic E-state index is 11.6. The number of hydrogen-bond acceptors (Lipinski definition) is 4. The number of carbonyl (C=O) groups excluding carboxylic acids is 1. The molecule has 0 rings (SSSR count). The van der Waals surface area contributed by atoms with E-state index in [-0.39, 0.29) is 12.2 Å². The first-order chi connectivity index (χ1) is 11.4. The van der Waals surface area contributed by atoms with E-state index in [1.165, 1.54) is 64.2 Å². The minimum absolute atomic E-state index is 0.162. The first kappa shape index (κ1) is 23.1. The van der Waals surface area contributed by atoms with Crippen LogP contribution in [0.1, 0.15) is 103 Å². The molecule has 0 saturated heterocycles. The molecule has 0 bridgehead atoms. The lowest BCUT2D eigenvalue weighted by molar-refractivity contribution is -0.145. The van der Waals surface area contributed by atoms with Gasteiger partial charge >= 0.3 is 5.97 Å². The normalized spacial score (nSPS) is 11.6. The molecule has 0 aliphatic carbocycles. The number of carbonyl (C=O) groups is 2. The summed E-state index contributed by atoms with van der Waals surface area (Å²) in [5.74, 6) is -1.49. The molecule has 0 aliphatic heterocycles. The molecule has 0 radical (unpaired) electrons. The maximum absolute atomic E-state index is 11.6. The number of Topliss-reactive ketones (excluding diaryl/α,β-unsaturated/α-hetero) is 1. The topological polar surface area (TPSA) is 106 Å². The summed E-state index contributed by atoms with van der Waals surface area (Å²) in [5, 5.41) is 8.77. The van der Waals surface area contributed by atoms with Crippen LogP contribution in [0.25, 0.3) is 0 Å². The number of ketones is 1. The monoisotopic (exact) mass is 342 g/mol. The number of rotatable bonds is 17. The van der Waals surface area contributed by atoms with Crippen molar-refractivity contribution in [3.05, 3.63) is 0 Å². The zero-order valence-corrected chi connectivity index (χ0v) is 15.5. The van der Waals surface area contributed by atoms with Crippen LogP contribution in [0, 0.1) is 0 Å². The SMILES string of the molecule is CCCCCCCCCCCCCCCC(=O)CC(N)(N)C(=O)O. The average molecular weight is 343 g/mol. The van der Waals surface area contributed by atoms with Crippen LogP contribution < -0.4 is 11.5 Å². The van der Waals surface area contributed by atoms with Gasteiger partial charge in [0.15, 0.2) is 5.66 Å². The van der Waals surface area contributed by atoms with E-state index in [4.69, 9.17) is 16.6 Å². The minimum Gasteiger partial charge on any atom is -0.479 e. The molecular weight excluding hydrogens is 304 g/mol. The number of carboxylic acids is 1. The van der Waals surface area contributed by atoms with Gasteiger partial charge in [-0.3, -0.25) is 4.79 Å². The van der Waals surface area contributed by atoms with Gasteiger partial charge in [0.2, 0.25) is 0 Å². The number of hydrogen-bond donors (Lipinski definition) is 3. The fourth-order valence-electron chi connectivity index (χ4n) is 2.83. The number of unbranched alkanes of at least 4 members (excludes halogenated alkanes) is 12. The molecule has 0 aromatic rings. The Kier molecular flexibility index (Phi) is 13.8. The molecule has 0 saturated carbocycles. The predicted molar refractivity (Wildman–Crippen MR) is 98.7 cm³/mol. The third-order valence-corrected chi connectivity index (χ3v) is 4.45. The standard InChI is InChI=1S/C19H38N2O3/c1-2-3-4-5-6-7-8-9-10-11-12-13-14-15-17(22)16-19(20,21)18(23)24/h2-16,20-21H2,1H3,(H,23,24). The molecule has 0 aromatic heterocycles. The van der Waals surface area contributed by atoms with Gasteiger partial charge in [-0.25, -0.2) is 4.79 Å². The maximum Gasteiger partial charge on any atom is 0.338 e. The van der Waals surface area contributed by atoms with Crippen LogP contribution in [0.3, 0.4) is 0 Å². The summed E-state index contributed by atoms with van der Waals surface area (Å²) in [6.45, 7) is 2.25. The molecule has 0 heterocycles. The van der Waals surface area contributed by atoms with E-state index in [1.54, 1.807) is 0 Å². The molecule has 5 N–H and O–H groups in total. The molecule has 5 heteroatoms. The van der Waals surface area contributed by atoms with Crippen molar-refractivity contribution in [3.63, 3.8) is 0 Å². The van der Waals surface area contributed by atoms with Gasteiger partial charge in [0, 0.05) is 12.8 Å². The van der Waals surface area contributed by atoms with Crippen molar-refractivity contribution in [1.82, 2.24) is 0 Å². The van der Waals surface area contributed by atoms with E-state index >= 15 is 0 Å². The van der Waals surface area contributed by atoms with Crippen LogP contribution in [0.4, 0.5) is 0 Å². The Labute approximate surface area is 147 Å². The molecule has 0 aromatic carbocycles. The van der Waals surface area contributed by atoms with Gasteiger partial charge < -0.3 is 16.6 Å². The molecule has 0 aliphatic rings. The van der Waals surface area contributed by atoms with Crippen molar-refractivity contribution in [1.29, 1.82) is 0 Å². The molecule has 0 spiro atoms. The van der Waals surface area contributed by atoms with Crippen molar-refractivity contribution in [2.24, 2.45) is 11.5 Å². The van der Waals surface area contributed by atoms with E-state index < -0.39 is 11.6 Å². The smallest absolute Gasteiger partial charge is 0.338 e. The first-order valence-electron chi connectivity index (χ1n) is 9.73. The van der Waals surface area contributed by atoms with Crippen molar-refractivity contribution in [2.45, 2.75) is 109 Å². The highest BCUT2D eigenvalue weighted by atomic mass is 16.4. The zero-order chi connectivity index (χ0) is 18.3. The predicted octanol–water partition coefficient (Wildman–Crippen LogP) is 4.13. The second-order valence-electron chi connectivity index (χ2n) is 7.05. The Morgan fingerprint density at radius 3 is 1.50 bits per heavy atom. The first-order valence-corrected chi connectivity index (χ1v) is 9.73. The van der Waals surface area contributed by atoms with Gasteiger partial charge in [-0.15, -0.1) is 0 Å². The summed E-state index contributed by atoms with van der Waals surface area (Å²) in [6.07, 6.45) is 16.4. The number of nitrogens with two attached hydrogens (primary N) is 2. The third-order valence-electron chi connectivity index (χ3n) is 4.45. The minimum atomic E-state index is -1.92. The summed E-state index contributed by atoms with van der Waals surface area (Å²) in [5.41, 5.74) is 8.80. The van der Waals surface area contributed by atoms with Gasteiger partial charge in [0.05, 0.1) is 0 Å². The van der Waals surface area contributed by atoms with Gasteiger partial charge in [-0.05, 0) is 6.42 Å². The quantitative estimate of drug-likeness (QED) is 0.272. The summed E-state index contributed by atoms with van der Waals surface area (Å²) < 4.78 is 0. The lowest BCUT2D eigenvalue weighted by atomic mass is 10.00. The highest BCUT2D eigenvalue weighted by molar-refractivity contribution is 5.88. The lowest BCUT2D eigenvalue weighted by Crippen LogP contribution is -2.57. The Balaban J connectivity index is 3.33. The zero-order valence-electron chi connectivity index (χ0n) is 15.5. The summed E-state index contributed by atoms with van der Waals surface area (Å²) in [7, 11) is 0. The van der Waals surface area contributed by atoms with Crippen molar-refractivity contribution >= 4 is 11.8 Å². The van der Waals surface area contributed by atoms with E-state index in [9.17, 15) is 9.59 Å². The number of carboxylic acid groups (broad SMARTS) is 1. The third kappa shape index (κ3) is 13.5. The largest absolute Gasteiger partial charge is 0.479 e. The fraction of sp³-hybridized carbons (Fsp3) is 0.895. The molecule has 24 heavy (non-hydrogen) atoms. The second-order valence-corrected chi connectivity index (χ2v) is 7.05. The van der Waals surface area contributed by atoms with Crippen LogP contribution in [0.2, 0.25) is 0 Å². The molecule has 0 fully saturated rings. The number of aliphatic carboxylic acids is 1. The molecule has 0 amide bonds. The van der Waals surface area contributed by atoms with E-state index in [0.717, 1.165) is 19.3 Å². The highest BCUT2D eigenvalue weighted by Gasteiger charge is 2.31. The average Bonchev–Trinajstić information content (AvgIpc) is 2.51. The van der Waals surface area contributed by atoms with Gasteiger partial charge in [-0.1, -0.05) is 84.0 Å². The molecule has 5 nitrogen and oxygen atoms in total. The fourth-order valence-corrected chi connectivity index (χ4v) is 2.83.